The number of hydrogen-bond donors (Lipinski definition) is 2. The van der Waals surface area contributed by atoms with Crippen LogP contribution in [0, 0.1) is 5.41 Å². The van der Waals surface area contributed by atoms with Gasteiger partial charge in [-0.1, -0.05) is 6.07 Å². The number of rotatable bonds is 6. The molecule has 2 heterocycles. The van der Waals surface area contributed by atoms with Crippen molar-refractivity contribution in [2.24, 2.45) is 12.5 Å². The lowest BCUT2D eigenvalue weighted by Crippen LogP contribution is -2.31. The molecule has 160 valence electrons. The van der Waals surface area contributed by atoms with Crippen LogP contribution in [-0.4, -0.2) is 31.7 Å². The van der Waals surface area contributed by atoms with Crippen LogP contribution in [0.5, 0.6) is 11.5 Å². The van der Waals surface area contributed by atoms with Crippen LogP contribution in [0.15, 0.2) is 67.1 Å². The van der Waals surface area contributed by atoms with Gasteiger partial charge in [-0.2, -0.15) is 5.10 Å². The van der Waals surface area contributed by atoms with Crippen molar-refractivity contribution in [1.29, 1.82) is 0 Å². The summed E-state index contributed by atoms with van der Waals surface area (Å²) >= 11 is 0. The summed E-state index contributed by atoms with van der Waals surface area (Å²) in [6, 6.07) is 14.6. The Hall–Kier alpha value is -4.20. The zero-order valence-corrected chi connectivity index (χ0v) is 17.3. The minimum Gasteiger partial charge on any atom is -0.480 e. The summed E-state index contributed by atoms with van der Waals surface area (Å²) in [5, 5.41) is 17.0. The Labute approximate surface area is 183 Å². The molecule has 2 aromatic carbocycles. The summed E-state index contributed by atoms with van der Waals surface area (Å²) in [4.78, 5) is 28.0. The Morgan fingerprint density at radius 2 is 1.88 bits per heavy atom. The molecule has 1 amide bonds. The molecule has 0 unspecified atom stereocenters. The SMILES string of the molecule is Cn1cc(-c2ccc3c(Oc4ccc(NC(=O)C5(C(=O)O)CC5)cc4)ccnc3c2)cn1. The number of ether oxygens (including phenoxy) is 1. The van der Waals surface area contributed by atoms with E-state index in [1.165, 1.54) is 0 Å². The van der Waals surface area contributed by atoms with Gasteiger partial charge in [0.15, 0.2) is 0 Å². The minimum absolute atomic E-state index is 0.368. The number of nitrogens with one attached hydrogen (secondary N) is 1. The third-order valence-electron chi connectivity index (χ3n) is 5.67. The molecule has 1 aliphatic rings. The van der Waals surface area contributed by atoms with E-state index in [4.69, 9.17) is 4.74 Å². The van der Waals surface area contributed by atoms with E-state index in [0.717, 1.165) is 22.0 Å². The first-order valence-corrected chi connectivity index (χ1v) is 10.2. The second kappa shape index (κ2) is 7.49. The fraction of sp³-hybridized carbons (Fsp3) is 0.167. The number of aliphatic carboxylic acids is 1. The maximum Gasteiger partial charge on any atom is 0.319 e. The van der Waals surface area contributed by atoms with E-state index >= 15 is 0 Å². The van der Waals surface area contributed by atoms with Crippen LogP contribution < -0.4 is 10.1 Å². The number of aromatic nitrogens is 3. The first kappa shape index (κ1) is 19.7. The molecular weight excluding hydrogens is 408 g/mol. The molecule has 2 aromatic heterocycles. The third kappa shape index (κ3) is 3.56. The largest absolute Gasteiger partial charge is 0.480 e. The van der Waals surface area contributed by atoms with E-state index in [1.807, 2.05) is 37.6 Å². The molecule has 4 aromatic rings. The fourth-order valence-corrected chi connectivity index (χ4v) is 3.61. The van der Waals surface area contributed by atoms with Crippen molar-refractivity contribution in [1.82, 2.24) is 14.8 Å². The number of pyridine rings is 1. The standard InChI is InChI=1S/C24H20N4O4/c1-28-14-16(13-26-28)15-2-7-19-20(12-15)25-11-8-21(19)32-18-5-3-17(4-6-18)27-22(29)24(9-10-24)23(30)31/h2-8,11-14H,9-10H2,1H3,(H,27,29)(H,30,31). The lowest BCUT2D eigenvalue weighted by Gasteiger charge is -2.12. The molecule has 0 bridgehead atoms. The van der Waals surface area contributed by atoms with Crippen LogP contribution in [0.1, 0.15) is 12.8 Å². The molecule has 8 heteroatoms. The maximum atomic E-state index is 12.3. The fourth-order valence-electron chi connectivity index (χ4n) is 3.61. The maximum absolute atomic E-state index is 12.3. The van der Waals surface area contributed by atoms with Gasteiger partial charge in [0.1, 0.15) is 16.9 Å². The van der Waals surface area contributed by atoms with Gasteiger partial charge in [-0.15, -0.1) is 0 Å². The minimum atomic E-state index is -1.28. The highest BCUT2D eigenvalue weighted by Crippen LogP contribution is 2.46. The summed E-state index contributed by atoms with van der Waals surface area (Å²) in [6.45, 7) is 0. The highest BCUT2D eigenvalue weighted by Gasteiger charge is 2.57. The highest BCUT2D eigenvalue weighted by molar-refractivity contribution is 6.10. The van der Waals surface area contributed by atoms with Crippen molar-refractivity contribution >= 4 is 28.5 Å². The summed E-state index contributed by atoms with van der Waals surface area (Å²) < 4.78 is 7.81. The van der Waals surface area contributed by atoms with Crippen LogP contribution in [0.2, 0.25) is 0 Å². The Kier molecular flexibility index (Phi) is 4.62. The Bertz CT molecular complexity index is 1340. The van der Waals surface area contributed by atoms with E-state index in [0.29, 0.717) is 30.0 Å². The Morgan fingerprint density at radius 1 is 1.09 bits per heavy atom. The molecule has 0 spiro atoms. The summed E-state index contributed by atoms with van der Waals surface area (Å²) in [6.07, 6.45) is 6.19. The summed E-state index contributed by atoms with van der Waals surface area (Å²) in [5.41, 5.74) is 2.08. The smallest absolute Gasteiger partial charge is 0.319 e. The van der Waals surface area contributed by atoms with E-state index in [1.54, 1.807) is 41.2 Å². The number of amides is 1. The first-order chi connectivity index (χ1) is 15.4. The molecule has 1 aliphatic carbocycles. The van der Waals surface area contributed by atoms with E-state index < -0.39 is 17.3 Å². The predicted molar refractivity (Wildman–Crippen MR) is 118 cm³/mol. The zero-order valence-electron chi connectivity index (χ0n) is 17.3. The number of nitrogens with zero attached hydrogens (tertiary/aromatic N) is 3. The Balaban J connectivity index is 1.34. The van der Waals surface area contributed by atoms with Crippen molar-refractivity contribution in [2.45, 2.75) is 12.8 Å². The van der Waals surface area contributed by atoms with Crippen LogP contribution >= 0.6 is 0 Å². The highest BCUT2D eigenvalue weighted by atomic mass is 16.5. The first-order valence-electron chi connectivity index (χ1n) is 10.2. The van der Waals surface area contributed by atoms with Gasteiger partial charge in [0.25, 0.3) is 0 Å². The van der Waals surface area contributed by atoms with Crippen molar-refractivity contribution < 1.29 is 19.4 Å². The van der Waals surface area contributed by atoms with Crippen molar-refractivity contribution in [3.8, 4) is 22.6 Å². The van der Waals surface area contributed by atoms with Gasteiger partial charge in [-0.25, -0.2) is 0 Å². The number of aryl methyl sites for hydroxylation is 1. The van der Waals surface area contributed by atoms with Crippen molar-refractivity contribution in [3.63, 3.8) is 0 Å². The lowest BCUT2D eigenvalue weighted by molar-refractivity contribution is -0.147. The average molecular weight is 428 g/mol. The number of carboxylic acid groups (broad SMARTS) is 1. The molecule has 0 atom stereocenters. The number of hydrogen-bond acceptors (Lipinski definition) is 5. The molecule has 0 radical (unpaired) electrons. The number of carboxylic acids is 1. The molecule has 8 nitrogen and oxygen atoms in total. The zero-order chi connectivity index (χ0) is 22.3. The van der Waals surface area contributed by atoms with E-state index in [-0.39, 0.29) is 0 Å². The third-order valence-corrected chi connectivity index (χ3v) is 5.67. The van der Waals surface area contributed by atoms with E-state index in [9.17, 15) is 14.7 Å². The molecule has 1 saturated carbocycles. The topological polar surface area (TPSA) is 106 Å². The van der Waals surface area contributed by atoms with Gasteiger partial charge in [0, 0.05) is 36.1 Å². The Morgan fingerprint density at radius 3 is 2.53 bits per heavy atom. The van der Waals surface area contributed by atoms with Crippen LogP contribution in [0.25, 0.3) is 22.0 Å². The van der Waals surface area contributed by atoms with Crippen molar-refractivity contribution in [3.05, 3.63) is 67.1 Å². The monoisotopic (exact) mass is 428 g/mol. The summed E-state index contributed by atoms with van der Waals surface area (Å²) in [7, 11) is 1.88. The van der Waals surface area contributed by atoms with Gasteiger partial charge in [0.05, 0.1) is 11.7 Å². The van der Waals surface area contributed by atoms with E-state index in [2.05, 4.69) is 15.4 Å². The average Bonchev–Trinajstić information content (AvgIpc) is 3.50. The number of carbonyl (C=O) groups is 2. The number of carbonyl (C=O) groups excluding carboxylic acids is 1. The molecule has 1 fully saturated rings. The van der Waals surface area contributed by atoms with Gasteiger partial charge in [0.2, 0.25) is 5.91 Å². The van der Waals surface area contributed by atoms with Crippen LogP contribution in [0.3, 0.4) is 0 Å². The molecule has 0 aliphatic heterocycles. The molecular formula is C24H20N4O4. The lowest BCUT2D eigenvalue weighted by atomic mass is 10.1. The van der Waals surface area contributed by atoms with Crippen LogP contribution in [-0.2, 0) is 16.6 Å². The molecule has 0 saturated heterocycles. The van der Waals surface area contributed by atoms with Gasteiger partial charge in [-0.05, 0) is 60.9 Å². The number of fused-ring (bicyclic) bond motifs is 1. The van der Waals surface area contributed by atoms with Crippen molar-refractivity contribution in [2.75, 3.05) is 5.32 Å². The van der Waals surface area contributed by atoms with Crippen LogP contribution in [0.4, 0.5) is 5.69 Å². The van der Waals surface area contributed by atoms with Gasteiger partial charge >= 0.3 is 5.97 Å². The summed E-state index contributed by atoms with van der Waals surface area (Å²) in [5.74, 6) is -0.312. The number of anilines is 1. The molecule has 2 N–H and O–H groups in total. The molecule has 5 rings (SSSR count). The quantitative estimate of drug-likeness (QED) is 0.445. The number of benzene rings is 2. The molecule has 32 heavy (non-hydrogen) atoms. The predicted octanol–water partition coefficient (Wildman–Crippen LogP) is 4.23. The second-order valence-electron chi connectivity index (χ2n) is 7.91. The normalized spacial score (nSPS) is 14.2. The van der Waals surface area contributed by atoms with Gasteiger partial charge in [-0.3, -0.25) is 19.3 Å². The second-order valence-corrected chi connectivity index (χ2v) is 7.91. The van der Waals surface area contributed by atoms with Gasteiger partial charge < -0.3 is 15.2 Å².